The van der Waals surface area contributed by atoms with Crippen molar-refractivity contribution in [2.75, 3.05) is 38.3 Å². The topological polar surface area (TPSA) is 67.8 Å². The van der Waals surface area contributed by atoms with Gasteiger partial charge in [0, 0.05) is 32.9 Å². The van der Waals surface area contributed by atoms with E-state index in [1.165, 1.54) is 0 Å². The maximum absolute atomic E-state index is 13.8. The maximum Gasteiger partial charge on any atom is 0.433 e. The molecule has 1 amide bonds. The van der Waals surface area contributed by atoms with E-state index >= 15 is 0 Å². The van der Waals surface area contributed by atoms with Gasteiger partial charge in [-0.2, -0.15) is 26.3 Å². The Morgan fingerprint density at radius 1 is 1.16 bits per heavy atom. The maximum atomic E-state index is 13.8. The molecule has 4 aliphatic rings. The smallest absolute Gasteiger partial charge is 0.379 e. The van der Waals surface area contributed by atoms with Gasteiger partial charge >= 0.3 is 12.4 Å². The van der Waals surface area contributed by atoms with E-state index in [0.717, 1.165) is 18.8 Å². The molecule has 7 nitrogen and oxygen atoms in total. The molecule has 0 N–H and O–H groups in total. The van der Waals surface area contributed by atoms with E-state index in [9.17, 15) is 31.1 Å². The van der Waals surface area contributed by atoms with Crippen LogP contribution in [0.5, 0.6) is 0 Å². The van der Waals surface area contributed by atoms with E-state index < -0.39 is 35.8 Å². The second-order valence-corrected chi connectivity index (χ2v) is 11.2. The van der Waals surface area contributed by atoms with Gasteiger partial charge < -0.3 is 19.3 Å². The molecule has 0 spiro atoms. The number of carbonyl (C=O) groups excluding carboxylic acids is 1. The largest absolute Gasteiger partial charge is 0.433 e. The van der Waals surface area contributed by atoms with E-state index in [2.05, 4.69) is 9.97 Å². The number of anilines is 1. The third-order valence-electron chi connectivity index (χ3n) is 8.82. The molecule has 1 aromatic rings. The van der Waals surface area contributed by atoms with E-state index in [1.54, 1.807) is 16.9 Å². The molecular formula is C25H32F6N4O3. The van der Waals surface area contributed by atoms with Gasteiger partial charge in [-0.15, -0.1) is 0 Å². The summed E-state index contributed by atoms with van der Waals surface area (Å²) in [6.45, 7) is 1.46. The average Bonchev–Trinajstić information content (AvgIpc) is 3.58. The van der Waals surface area contributed by atoms with Gasteiger partial charge in [-0.25, -0.2) is 9.97 Å². The van der Waals surface area contributed by atoms with Crippen LogP contribution < -0.4 is 4.90 Å². The molecular weight excluding hydrogens is 518 g/mol. The van der Waals surface area contributed by atoms with Crippen LogP contribution in [0.2, 0.25) is 0 Å². The molecule has 4 fully saturated rings. The summed E-state index contributed by atoms with van der Waals surface area (Å²) in [5.74, 6) is -0.193. The number of aromatic nitrogens is 2. The summed E-state index contributed by atoms with van der Waals surface area (Å²) in [6, 6.07) is 0.211. The van der Waals surface area contributed by atoms with Crippen LogP contribution in [0.3, 0.4) is 0 Å². The van der Waals surface area contributed by atoms with Gasteiger partial charge in [-0.05, 0) is 50.4 Å². The van der Waals surface area contributed by atoms with Crippen LogP contribution in [0.25, 0.3) is 0 Å². The first-order chi connectivity index (χ1) is 17.9. The number of piperazine rings is 1. The first-order valence-corrected chi connectivity index (χ1v) is 13.0. The number of hydrogen-bond acceptors (Lipinski definition) is 6. The molecule has 6 atom stereocenters. The Morgan fingerprint density at radius 2 is 1.95 bits per heavy atom. The number of ether oxygens (including phenoxy) is 2. The van der Waals surface area contributed by atoms with Crippen LogP contribution in [-0.2, 0) is 20.4 Å². The van der Waals surface area contributed by atoms with Crippen molar-refractivity contribution in [1.29, 1.82) is 0 Å². The lowest BCUT2D eigenvalue weighted by atomic mass is 9.78. The van der Waals surface area contributed by atoms with Crippen LogP contribution in [0, 0.1) is 17.3 Å². The quantitative estimate of drug-likeness (QED) is 0.488. The minimum absolute atomic E-state index is 0.0138. The molecule has 212 valence electrons. The Labute approximate surface area is 216 Å². The Kier molecular flexibility index (Phi) is 7.29. The summed E-state index contributed by atoms with van der Waals surface area (Å²) in [4.78, 5) is 24.3. The third kappa shape index (κ3) is 5.45. The lowest BCUT2D eigenvalue weighted by molar-refractivity contribution is -0.175. The van der Waals surface area contributed by atoms with Crippen LogP contribution >= 0.6 is 0 Å². The number of likely N-dealkylation sites (tertiary alicyclic amines) is 1. The second-order valence-electron chi connectivity index (χ2n) is 11.2. The van der Waals surface area contributed by atoms with Gasteiger partial charge in [0.1, 0.15) is 17.8 Å². The van der Waals surface area contributed by atoms with E-state index in [0.29, 0.717) is 32.5 Å². The number of amides is 1. The van der Waals surface area contributed by atoms with Crippen LogP contribution in [0.1, 0.15) is 50.6 Å². The summed E-state index contributed by atoms with van der Waals surface area (Å²) >= 11 is 0. The Balaban J connectivity index is 1.29. The Bertz CT molecular complexity index is 1020. The zero-order valence-electron chi connectivity index (χ0n) is 21.1. The molecule has 1 saturated carbocycles. The number of carbonyl (C=O) groups is 1. The van der Waals surface area contributed by atoms with Crippen molar-refractivity contribution in [3.8, 4) is 0 Å². The summed E-state index contributed by atoms with van der Waals surface area (Å²) in [6.07, 6.45) is -6.64. The second kappa shape index (κ2) is 10.1. The predicted molar refractivity (Wildman–Crippen MR) is 123 cm³/mol. The molecule has 0 radical (unpaired) electrons. The Morgan fingerprint density at radius 3 is 2.61 bits per heavy atom. The third-order valence-corrected chi connectivity index (χ3v) is 8.82. The van der Waals surface area contributed by atoms with Gasteiger partial charge in [0.05, 0.1) is 36.6 Å². The van der Waals surface area contributed by atoms with Gasteiger partial charge in [0.15, 0.2) is 0 Å². The molecule has 1 aliphatic carbocycles. The lowest BCUT2D eigenvalue weighted by Gasteiger charge is -2.40. The monoisotopic (exact) mass is 550 g/mol. The highest BCUT2D eigenvalue weighted by atomic mass is 19.4. The summed E-state index contributed by atoms with van der Waals surface area (Å²) in [5, 5.41) is 0. The molecule has 3 aliphatic heterocycles. The van der Waals surface area contributed by atoms with Crippen molar-refractivity contribution >= 4 is 11.7 Å². The van der Waals surface area contributed by atoms with Gasteiger partial charge in [-0.1, -0.05) is 0 Å². The molecule has 38 heavy (non-hydrogen) atoms. The molecule has 2 bridgehead atoms. The van der Waals surface area contributed by atoms with E-state index in [1.807, 2.05) is 0 Å². The zero-order chi connectivity index (χ0) is 27.3. The predicted octanol–water partition coefficient (Wildman–Crippen LogP) is 4.47. The van der Waals surface area contributed by atoms with Crippen molar-refractivity contribution in [3.05, 3.63) is 18.1 Å². The summed E-state index contributed by atoms with van der Waals surface area (Å²) in [5.41, 5.74) is -2.57. The van der Waals surface area contributed by atoms with Crippen LogP contribution in [0.15, 0.2) is 12.4 Å². The van der Waals surface area contributed by atoms with E-state index in [4.69, 9.17) is 9.47 Å². The SMILES string of the molecule is CO[C@@H]1COCC[C@@H]1C[C@@H]1CC[C@](CC(F)(F)F)(C(=O)N2C[C@H]3C[C@@H]2CN3c2cc(C(F)(F)F)ncn2)C1. The van der Waals surface area contributed by atoms with Crippen molar-refractivity contribution in [2.24, 2.45) is 17.3 Å². The standard InChI is InChI=1S/C25H32F6N4O3/c1-37-19-12-38-5-3-16(19)6-15-2-4-23(9-15,13-24(26,27)28)22(36)35-11-17-7-18(35)10-34(17)21-8-20(25(29,30)31)32-14-33-21/h8,14-19H,2-7,9-13H2,1H3/t15-,16+,17+,18+,19+,23-/m0/s1. The fourth-order valence-corrected chi connectivity index (χ4v) is 7.13. The van der Waals surface area contributed by atoms with Crippen molar-refractivity contribution in [1.82, 2.24) is 14.9 Å². The molecule has 1 aromatic heterocycles. The first-order valence-electron chi connectivity index (χ1n) is 13.0. The highest BCUT2D eigenvalue weighted by Gasteiger charge is 2.57. The van der Waals surface area contributed by atoms with Gasteiger partial charge in [0.25, 0.3) is 0 Å². The average molecular weight is 551 g/mol. The molecule has 3 saturated heterocycles. The fourth-order valence-electron chi connectivity index (χ4n) is 7.13. The number of alkyl halides is 6. The molecule has 5 rings (SSSR count). The lowest BCUT2D eigenvalue weighted by Crippen LogP contribution is -2.54. The molecule has 0 aromatic carbocycles. The normalized spacial score (nSPS) is 33.8. The van der Waals surface area contributed by atoms with Crippen molar-refractivity contribution in [2.45, 2.75) is 75.5 Å². The first kappa shape index (κ1) is 27.4. The summed E-state index contributed by atoms with van der Waals surface area (Å²) < 4.78 is 91.7. The number of fused-ring (bicyclic) bond motifs is 2. The number of rotatable bonds is 6. The van der Waals surface area contributed by atoms with Crippen LogP contribution in [-0.4, -0.2) is 78.6 Å². The zero-order valence-corrected chi connectivity index (χ0v) is 21.1. The molecule has 4 heterocycles. The van der Waals surface area contributed by atoms with Crippen molar-refractivity contribution in [3.63, 3.8) is 0 Å². The minimum Gasteiger partial charge on any atom is -0.379 e. The Hall–Kier alpha value is -2.15. The number of halogens is 6. The van der Waals surface area contributed by atoms with Crippen molar-refractivity contribution < 1.29 is 40.6 Å². The number of methoxy groups -OCH3 is 1. The summed E-state index contributed by atoms with van der Waals surface area (Å²) in [7, 11) is 1.61. The minimum atomic E-state index is -4.62. The fraction of sp³-hybridized carbons (Fsp3) is 0.800. The highest BCUT2D eigenvalue weighted by molar-refractivity contribution is 5.84. The molecule has 0 unspecified atom stereocenters. The number of nitrogens with zero attached hydrogens (tertiary/aromatic N) is 4. The number of hydrogen-bond donors (Lipinski definition) is 0. The van der Waals surface area contributed by atoms with Gasteiger partial charge in [0.2, 0.25) is 5.91 Å². The van der Waals surface area contributed by atoms with Gasteiger partial charge in [-0.3, -0.25) is 4.79 Å². The van der Waals surface area contributed by atoms with Crippen LogP contribution in [0.4, 0.5) is 32.2 Å². The van der Waals surface area contributed by atoms with E-state index in [-0.39, 0.29) is 61.8 Å². The molecule has 13 heteroatoms. The highest BCUT2D eigenvalue weighted by Crippen LogP contribution is 2.53.